The van der Waals surface area contributed by atoms with E-state index in [9.17, 15) is 0 Å². The molecule has 0 saturated carbocycles. The Bertz CT molecular complexity index is 814. The summed E-state index contributed by atoms with van der Waals surface area (Å²) in [4.78, 5) is 0. The molecule has 3 aromatic rings. The van der Waals surface area contributed by atoms with Crippen molar-refractivity contribution in [1.29, 1.82) is 0 Å². The van der Waals surface area contributed by atoms with Crippen molar-refractivity contribution in [2.24, 2.45) is 5.73 Å². The minimum Gasteiger partial charge on any atom is -0.322 e. The quantitative estimate of drug-likeness (QED) is 0.592. The zero-order valence-electron chi connectivity index (χ0n) is 11.8. The van der Waals surface area contributed by atoms with Crippen LogP contribution in [0.5, 0.6) is 0 Å². The van der Waals surface area contributed by atoms with E-state index >= 15 is 0 Å². The van der Waals surface area contributed by atoms with Gasteiger partial charge in [0.1, 0.15) is 0 Å². The number of fused-ring (bicyclic) bond motifs is 5. The van der Waals surface area contributed by atoms with Crippen molar-refractivity contribution < 1.29 is 0 Å². The molecule has 1 heteroatoms. The van der Waals surface area contributed by atoms with Gasteiger partial charge < -0.3 is 5.73 Å². The Morgan fingerprint density at radius 2 is 1.70 bits per heavy atom. The van der Waals surface area contributed by atoms with E-state index in [0.29, 0.717) is 0 Å². The molecule has 20 heavy (non-hydrogen) atoms. The van der Waals surface area contributed by atoms with Crippen LogP contribution in [0.3, 0.4) is 0 Å². The number of aryl methyl sites for hydroxylation is 1. The molecule has 0 saturated heterocycles. The number of hydrogen-bond donors (Lipinski definition) is 1. The minimum absolute atomic E-state index is 0.173. The van der Waals surface area contributed by atoms with Gasteiger partial charge in [0.05, 0.1) is 0 Å². The van der Waals surface area contributed by atoms with Crippen LogP contribution in [0.4, 0.5) is 0 Å². The maximum Gasteiger partial charge on any atom is 0.0384 e. The molecular weight excluding hydrogens is 242 g/mol. The highest BCUT2D eigenvalue weighted by Crippen LogP contribution is 2.38. The maximum atomic E-state index is 6.49. The standard InChI is InChI=1S/C19H19N/c1-19(20)12-4-7-17-16-9-8-13-5-2-3-6-14(13)15(16)10-11-18(17)19/h2-3,5-6,8-11H,4,7,12,20H2,1H3. The van der Waals surface area contributed by atoms with E-state index in [1.165, 1.54) is 39.1 Å². The molecule has 0 bridgehead atoms. The fourth-order valence-corrected chi connectivity index (χ4v) is 3.72. The van der Waals surface area contributed by atoms with Gasteiger partial charge in [0.25, 0.3) is 0 Å². The Hall–Kier alpha value is -1.86. The van der Waals surface area contributed by atoms with Crippen LogP contribution >= 0.6 is 0 Å². The van der Waals surface area contributed by atoms with Crippen LogP contribution in [0.2, 0.25) is 0 Å². The van der Waals surface area contributed by atoms with E-state index in [2.05, 4.69) is 55.5 Å². The third-order valence-electron chi connectivity index (χ3n) is 4.78. The van der Waals surface area contributed by atoms with Gasteiger partial charge in [0.2, 0.25) is 0 Å². The van der Waals surface area contributed by atoms with Crippen LogP contribution in [0.25, 0.3) is 21.5 Å². The molecule has 0 aliphatic heterocycles. The van der Waals surface area contributed by atoms with E-state index in [1.807, 2.05) is 0 Å². The average molecular weight is 261 g/mol. The van der Waals surface area contributed by atoms with Crippen LogP contribution in [0.15, 0.2) is 48.5 Å². The van der Waals surface area contributed by atoms with Crippen LogP contribution in [-0.2, 0) is 12.0 Å². The van der Waals surface area contributed by atoms with Gasteiger partial charge in [-0.2, -0.15) is 0 Å². The predicted octanol–water partition coefficient (Wildman–Crippen LogP) is 4.50. The Morgan fingerprint density at radius 1 is 0.900 bits per heavy atom. The number of rotatable bonds is 0. The third kappa shape index (κ3) is 1.60. The van der Waals surface area contributed by atoms with Gasteiger partial charge in [0, 0.05) is 5.54 Å². The molecule has 1 unspecified atom stereocenters. The Kier molecular flexibility index (Phi) is 2.42. The zero-order valence-corrected chi connectivity index (χ0v) is 11.8. The molecule has 0 amide bonds. The van der Waals surface area contributed by atoms with Crippen LogP contribution in [0.1, 0.15) is 30.9 Å². The second-order valence-electron chi connectivity index (χ2n) is 6.24. The number of nitrogens with two attached hydrogens (primary N) is 1. The summed E-state index contributed by atoms with van der Waals surface area (Å²) >= 11 is 0. The van der Waals surface area contributed by atoms with Gasteiger partial charge in [-0.15, -0.1) is 0 Å². The summed E-state index contributed by atoms with van der Waals surface area (Å²) in [5.41, 5.74) is 9.12. The van der Waals surface area contributed by atoms with Gasteiger partial charge in [-0.1, -0.05) is 48.5 Å². The summed E-state index contributed by atoms with van der Waals surface area (Å²) in [6.07, 6.45) is 3.42. The molecular formula is C19H19N. The van der Waals surface area contributed by atoms with Gasteiger partial charge in [0.15, 0.2) is 0 Å². The molecule has 3 aromatic carbocycles. The van der Waals surface area contributed by atoms with E-state index in [1.54, 1.807) is 0 Å². The average Bonchev–Trinajstić information content (AvgIpc) is 2.46. The first kappa shape index (κ1) is 11.9. The number of benzene rings is 3. The molecule has 0 spiro atoms. The summed E-state index contributed by atoms with van der Waals surface area (Å²) < 4.78 is 0. The highest BCUT2D eigenvalue weighted by molar-refractivity contribution is 6.08. The maximum absolute atomic E-state index is 6.49. The molecule has 1 atom stereocenters. The summed E-state index contributed by atoms with van der Waals surface area (Å²) in [5.74, 6) is 0. The Morgan fingerprint density at radius 3 is 2.60 bits per heavy atom. The van der Waals surface area contributed by atoms with Crippen molar-refractivity contribution in [1.82, 2.24) is 0 Å². The van der Waals surface area contributed by atoms with Crippen molar-refractivity contribution in [3.8, 4) is 0 Å². The Labute approximate surface area is 119 Å². The largest absolute Gasteiger partial charge is 0.322 e. The lowest BCUT2D eigenvalue weighted by atomic mass is 9.76. The van der Waals surface area contributed by atoms with E-state index in [0.717, 1.165) is 12.8 Å². The van der Waals surface area contributed by atoms with Gasteiger partial charge in [-0.3, -0.25) is 0 Å². The summed E-state index contributed by atoms with van der Waals surface area (Å²) in [7, 11) is 0. The van der Waals surface area contributed by atoms with E-state index < -0.39 is 0 Å². The SMILES string of the molecule is CC1(N)CCCc2c1ccc1c2ccc2ccccc21. The lowest BCUT2D eigenvalue weighted by Gasteiger charge is -2.33. The first-order chi connectivity index (χ1) is 9.67. The molecule has 1 nitrogen and oxygen atoms in total. The molecule has 0 heterocycles. The second-order valence-corrected chi connectivity index (χ2v) is 6.24. The van der Waals surface area contributed by atoms with Crippen molar-refractivity contribution in [2.45, 2.75) is 31.7 Å². The smallest absolute Gasteiger partial charge is 0.0384 e. The van der Waals surface area contributed by atoms with Gasteiger partial charge in [-0.25, -0.2) is 0 Å². The van der Waals surface area contributed by atoms with Crippen molar-refractivity contribution in [3.63, 3.8) is 0 Å². The van der Waals surface area contributed by atoms with Crippen LogP contribution in [-0.4, -0.2) is 0 Å². The molecule has 2 N–H and O–H groups in total. The molecule has 1 aliphatic carbocycles. The van der Waals surface area contributed by atoms with Crippen molar-refractivity contribution in [2.75, 3.05) is 0 Å². The minimum atomic E-state index is -0.173. The Balaban J connectivity index is 2.13. The lowest BCUT2D eigenvalue weighted by Crippen LogP contribution is -2.36. The molecule has 1 aliphatic rings. The highest BCUT2D eigenvalue weighted by Gasteiger charge is 2.28. The predicted molar refractivity (Wildman–Crippen MR) is 85.9 cm³/mol. The fourth-order valence-electron chi connectivity index (χ4n) is 3.72. The molecule has 0 aromatic heterocycles. The summed E-state index contributed by atoms with van der Waals surface area (Å²) in [5, 5.41) is 5.40. The molecule has 0 radical (unpaired) electrons. The van der Waals surface area contributed by atoms with Gasteiger partial charge in [-0.05, 0) is 58.9 Å². The van der Waals surface area contributed by atoms with Gasteiger partial charge >= 0.3 is 0 Å². The lowest BCUT2D eigenvalue weighted by molar-refractivity contribution is 0.410. The second kappa shape index (κ2) is 4.07. The number of hydrogen-bond acceptors (Lipinski definition) is 1. The fraction of sp³-hybridized carbons (Fsp3) is 0.263. The first-order valence-corrected chi connectivity index (χ1v) is 7.39. The third-order valence-corrected chi connectivity index (χ3v) is 4.78. The van der Waals surface area contributed by atoms with E-state index in [4.69, 9.17) is 5.73 Å². The summed E-state index contributed by atoms with van der Waals surface area (Å²) in [6.45, 7) is 2.16. The summed E-state index contributed by atoms with van der Waals surface area (Å²) in [6, 6.07) is 17.6. The highest BCUT2D eigenvalue weighted by atomic mass is 14.7. The molecule has 4 rings (SSSR count). The van der Waals surface area contributed by atoms with Crippen molar-refractivity contribution in [3.05, 3.63) is 59.7 Å². The normalized spacial score (nSPS) is 22.1. The van der Waals surface area contributed by atoms with Crippen LogP contribution < -0.4 is 5.73 Å². The topological polar surface area (TPSA) is 26.0 Å². The molecule has 0 fully saturated rings. The monoisotopic (exact) mass is 261 g/mol. The van der Waals surface area contributed by atoms with E-state index in [-0.39, 0.29) is 5.54 Å². The zero-order chi connectivity index (χ0) is 13.7. The molecule has 100 valence electrons. The van der Waals surface area contributed by atoms with Crippen molar-refractivity contribution >= 4 is 21.5 Å². The van der Waals surface area contributed by atoms with Crippen LogP contribution in [0, 0.1) is 0 Å². The first-order valence-electron chi connectivity index (χ1n) is 7.39.